The number of nitrogens with zero attached hydrogens (tertiary/aromatic N) is 3. The third kappa shape index (κ3) is 3.27. The summed E-state index contributed by atoms with van der Waals surface area (Å²) in [5, 5.41) is 13.9. The van der Waals surface area contributed by atoms with Crippen LogP contribution in [0.5, 0.6) is 0 Å². The molecule has 5 heteroatoms. The lowest BCUT2D eigenvalue weighted by Gasteiger charge is -2.09. The molecular weight excluding hydrogens is 350 g/mol. The first-order chi connectivity index (χ1) is 13.5. The fourth-order valence-corrected chi connectivity index (χ4v) is 3.50. The van der Waals surface area contributed by atoms with E-state index >= 15 is 0 Å². The van der Waals surface area contributed by atoms with Gasteiger partial charge in [-0.2, -0.15) is 5.10 Å². The Labute approximate surface area is 163 Å². The van der Waals surface area contributed by atoms with Crippen LogP contribution in [0.1, 0.15) is 47.1 Å². The van der Waals surface area contributed by atoms with Gasteiger partial charge in [0.05, 0.1) is 17.0 Å². The minimum atomic E-state index is -0.918. The lowest BCUT2D eigenvalue weighted by molar-refractivity contribution is 0.0697. The smallest absolute Gasteiger partial charge is 0.336 e. The van der Waals surface area contributed by atoms with Gasteiger partial charge in [0.15, 0.2) is 5.65 Å². The number of carboxylic acids is 1. The number of carboxylic acid groups (broad SMARTS) is 1. The third-order valence-corrected chi connectivity index (χ3v) is 4.86. The highest BCUT2D eigenvalue weighted by Crippen LogP contribution is 2.26. The second kappa shape index (κ2) is 7.27. The highest BCUT2D eigenvalue weighted by molar-refractivity contribution is 5.95. The number of rotatable bonds is 5. The van der Waals surface area contributed by atoms with E-state index in [1.54, 1.807) is 18.3 Å². The first-order valence-electron chi connectivity index (χ1n) is 9.28. The summed E-state index contributed by atoms with van der Waals surface area (Å²) in [6.45, 7) is 4.27. The minimum Gasteiger partial charge on any atom is -0.478 e. The van der Waals surface area contributed by atoms with E-state index in [2.05, 4.69) is 18.9 Å². The zero-order chi connectivity index (χ0) is 19.7. The second-order valence-electron chi connectivity index (χ2n) is 7.12. The van der Waals surface area contributed by atoms with Crippen LogP contribution in [0.4, 0.5) is 0 Å². The number of benzene rings is 2. The van der Waals surface area contributed by atoms with Crippen LogP contribution in [0, 0.1) is 0 Å². The standard InChI is InChI=1S/C23H21N3O2/c1-15(2)22-20(26-21(25-22)8-5-13-24-26)14-16-9-11-17(12-10-16)18-6-3-4-7-19(18)23(27)28/h3-13,15H,14H2,1-2H3,(H,27,28). The van der Waals surface area contributed by atoms with Gasteiger partial charge in [-0.05, 0) is 40.8 Å². The highest BCUT2D eigenvalue weighted by atomic mass is 16.4. The van der Waals surface area contributed by atoms with Crippen LogP contribution in [-0.2, 0) is 6.42 Å². The Morgan fingerprint density at radius 1 is 1.04 bits per heavy atom. The maximum absolute atomic E-state index is 11.5. The molecule has 0 fully saturated rings. The Balaban J connectivity index is 1.69. The fraction of sp³-hybridized carbons (Fsp3) is 0.174. The van der Waals surface area contributed by atoms with Gasteiger partial charge in [0.1, 0.15) is 0 Å². The van der Waals surface area contributed by atoms with Crippen molar-refractivity contribution in [1.29, 1.82) is 0 Å². The summed E-state index contributed by atoms with van der Waals surface area (Å²) < 4.78 is 1.91. The van der Waals surface area contributed by atoms with Crippen molar-refractivity contribution in [1.82, 2.24) is 14.6 Å². The van der Waals surface area contributed by atoms with Crippen molar-refractivity contribution in [2.75, 3.05) is 0 Å². The Morgan fingerprint density at radius 3 is 2.50 bits per heavy atom. The van der Waals surface area contributed by atoms with Crippen molar-refractivity contribution in [3.8, 4) is 11.1 Å². The number of aromatic carboxylic acids is 1. The summed E-state index contributed by atoms with van der Waals surface area (Å²) in [6, 6.07) is 19.0. The van der Waals surface area contributed by atoms with Gasteiger partial charge in [0.2, 0.25) is 0 Å². The summed E-state index contributed by atoms with van der Waals surface area (Å²) in [6.07, 6.45) is 2.49. The predicted octanol–water partition coefficient (Wildman–Crippen LogP) is 4.81. The number of hydrogen-bond donors (Lipinski definition) is 1. The molecule has 0 atom stereocenters. The molecule has 0 radical (unpaired) electrons. The average Bonchev–Trinajstić information content (AvgIpc) is 3.07. The molecule has 5 nitrogen and oxygen atoms in total. The van der Waals surface area contributed by atoms with E-state index in [1.165, 1.54) is 0 Å². The summed E-state index contributed by atoms with van der Waals surface area (Å²) in [5.74, 6) is -0.614. The molecule has 2 heterocycles. The molecule has 0 aliphatic carbocycles. The second-order valence-corrected chi connectivity index (χ2v) is 7.12. The molecule has 0 unspecified atom stereocenters. The molecule has 0 spiro atoms. The van der Waals surface area contributed by atoms with Gasteiger partial charge in [0, 0.05) is 12.6 Å². The van der Waals surface area contributed by atoms with E-state index in [4.69, 9.17) is 4.98 Å². The molecular formula is C23H21N3O2. The fourth-order valence-electron chi connectivity index (χ4n) is 3.50. The normalized spacial score (nSPS) is 11.2. The first kappa shape index (κ1) is 17.9. The molecule has 0 amide bonds. The monoisotopic (exact) mass is 371 g/mol. The summed E-state index contributed by atoms with van der Waals surface area (Å²) in [4.78, 5) is 16.2. The molecule has 0 aliphatic rings. The van der Waals surface area contributed by atoms with Crippen LogP contribution in [-0.4, -0.2) is 25.7 Å². The molecule has 0 aliphatic heterocycles. The zero-order valence-electron chi connectivity index (χ0n) is 15.8. The Hall–Kier alpha value is -3.47. The largest absolute Gasteiger partial charge is 0.478 e. The number of imidazole rings is 1. The van der Waals surface area contributed by atoms with Crippen LogP contribution < -0.4 is 0 Å². The molecule has 0 saturated heterocycles. The van der Waals surface area contributed by atoms with Crippen molar-refractivity contribution in [2.45, 2.75) is 26.2 Å². The Kier molecular flexibility index (Phi) is 4.65. The van der Waals surface area contributed by atoms with Gasteiger partial charge >= 0.3 is 5.97 Å². The maximum atomic E-state index is 11.5. The van der Waals surface area contributed by atoms with E-state index in [-0.39, 0.29) is 0 Å². The first-order valence-corrected chi connectivity index (χ1v) is 9.28. The Bertz CT molecular complexity index is 1140. The molecule has 28 heavy (non-hydrogen) atoms. The molecule has 4 rings (SSSR count). The van der Waals surface area contributed by atoms with E-state index < -0.39 is 5.97 Å². The van der Waals surface area contributed by atoms with Crippen LogP contribution in [0.15, 0.2) is 66.9 Å². The molecule has 4 aromatic rings. The lowest BCUT2D eigenvalue weighted by atomic mass is 9.97. The van der Waals surface area contributed by atoms with Crippen molar-refractivity contribution in [3.63, 3.8) is 0 Å². The summed E-state index contributed by atoms with van der Waals surface area (Å²) in [7, 11) is 0. The SMILES string of the molecule is CC(C)c1nc2cccnn2c1Cc1ccc(-c2ccccc2C(=O)O)cc1. The van der Waals surface area contributed by atoms with Crippen LogP contribution in [0.25, 0.3) is 16.8 Å². The van der Waals surface area contributed by atoms with Crippen LogP contribution >= 0.6 is 0 Å². The summed E-state index contributed by atoms with van der Waals surface area (Å²) in [5.41, 5.74) is 6.05. The van der Waals surface area contributed by atoms with Gasteiger partial charge in [-0.3, -0.25) is 0 Å². The lowest BCUT2D eigenvalue weighted by Crippen LogP contribution is -2.02. The van der Waals surface area contributed by atoms with E-state index in [0.29, 0.717) is 17.9 Å². The minimum absolute atomic E-state index is 0.304. The number of aromatic nitrogens is 3. The van der Waals surface area contributed by atoms with Gasteiger partial charge < -0.3 is 5.11 Å². The Morgan fingerprint density at radius 2 is 1.79 bits per heavy atom. The van der Waals surface area contributed by atoms with E-state index in [9.17, 15) is 9.90 Å². The van der Waals surface area contributed by atoms with Crippen molar-refractivity contribution >= 4 is 11.6 Å². The van der Waals surface area contributed by atoms with Crippen molar-refractivity contribution in [3.05, 3.63) is 89.4 Å². The predicted molar refractivity (Wildman–Crippen MR) is 109 cm³/mol. The van der Waals surface area contributed by atoms with Gasteiger partial charge in [-0.1, -0.05) is 56.3 Å². The highest BCUT2D eigenvalue weighted by Gasteiger charge is 2.16. The van der Waals surface area contributed by atoms with Gasteiger partial charge in [0.25, 0.3) is 0 Å². The molecule has 0 bridgehead atoms. The van der Waals surface area contributed by atoms with E-state index in [1.807, 2.05) is 53.0 Å². The van der Waals surface area contributed by atoms with Gasteiger partial charge in [-0.15, -0.1) is 0 Å². The van der Waals surface area contributed by atoms with Crippen LogP contribution in [0.3, 0.4) is 0 Å². The number of fused-ring (bicyclic) bond motifs is 1. The topological polar surface area (TPSA) is 67.5 Å². The third-order valence-electron chi connectivity index (χ3n) is 4.86. The van der Waals surface area contributed by atoms with Crippen molar-refractivity contribution < 1.29 is 9.90 Å². The number of hydrogen-bond acceptors (Lipinski definition) is 3. The zero-order valence-corrected chi connectivity index (χ0v) is 15.8. The molecule has 1 N–H and O–H groups in total. The number of carbonyl (C=O) groups is 1. The summed E-state index contributed by atoms with van der Waals surface area (Å²) >= 11 is 0. The average molecular weight is 371 g/mol. The van der Waals surface area contributed by atoms with Gasteiger partial charge in [-0.25, -0.2) is 14.3 Å². The molecule has 140 valence electrons. The van der Waals surface area contributed by atoms with Crippen molar-refractivity contribution in [2.24, 2.45) is 0 Å². The maximum Gasteiger partial charge on any atom is 0.336 e. The van der Waals surface area contributed by atoms with Crippen LogP contribution in [0.2, 0.25) is 0 Å². The molecule has 0 saturated carbocycles. The van der Waals surface area contributed by atoms with E-state index in [0.717, 1.165) is 33.7 Å². The quantitative estimate of drug-likeness (QED) is 0.547. The molecule has 2 aromatic carbocycles. The molecule has 2 aromatic heterocycles.